The zero-order valence-corrected chi connectivity index (χ0v) is 12.7. The van der Waals surface area contributed by atoms with Crippen molar-refractivity contribution in [2.45, 2.75) is 19.9 Å². The second-order valence-corrected chi connectivity index (χ2v) is 7.00. The topological polar surface area (TPSA) is 107 Å². The van der Waals surface area contributed by atoms with Gasteiger partial charge in [0.15, 0.2) is 0 Å². The molecule has 1 fully saturated rings. The highest BCUT2D eigenvalue weighted by Crippen LogP contribution is 2.08. The van der Waals surface area contributed by atoms with Crippen LogP contribution < -0.4 is 5.32 Å². The van der Waals surface area contributed by atoms with Crippen molar-refractivity contribution < 1.29 is 23.1 Å². The Bertz CT molecular complexity index is 470. The lowest BCUT2D eigenvalue weighted by molar-refractivity contribution is -0.141. The number of hydrogen-bond acceptors (Lipinski definition) is 4. The number of sulfonamides is 1. The van der Waals surface area contributed by atoms with Crippen LogP contribution in [0, 0.1) is 5.92 Å². The van der Waals surface area contributed by atoms with Gasteiger partial charge in [0, 0.05) is 32.2 Å². The summed E-state index contributed by atoms with van der Waals surface area (Å²) in [4.78, 5) is 24.3. The van der Waals surface area contributed by atoms with Crippen molar-refractivity contribution >= 4 is 22.0 Å². The lowest BCUT2D eigenvalue weighted by Crippen LogP contribution is -2.55. The Kier molecular flexibility index (Phi) is 5.35. The fraction of sp³-hybridized carbons (Fsp3) is 0.818. The lowest BCUT2D eigenvalue weighted by Gasteiger charge is -2.34. The number of piperazine rings is 1. The number of aliphatic carboxylic acids is 1. The van der Waals surface area contributed by atoms with Crippen LogP contribution in [0.4, 0.5) is 4.79 Å². The number of nitrogens with zero attached hydrogens (tertiary/aromatic N) is 2. The molecule has 0 bridgehead atoms. The highest BCUT2D eigenvalue weighted by molar-refractivity contribution is 7.88. The smallest absolute Gasteiger partial charge is 0.317 e. The predicted molar refractivity (Wildman–Crippen MR) is 72.8 cm³/mol. The maximum absolute atomic E-state index is 11.9. The van der Waals surface area contributed by atoms with Gasteiger partial charge < -0.3 is 15.3 Å². The Hall–Kier alpha value is -1.35. The number of amides is 2. The van der Waals surface area contributed by atoms with Crippen LogP contribution in [0.15, 0.2) is 0 Å². The maximum Gasteiger partial charge on any atom is 0.317 e. The van der Waals surface area contributed by atoms with Crippen molar-refractivity contribution in [3.05, 3.63) is 0 Å². The Morgan fingerprint density at radius 3 is 2.05 bits per heavy atom. The normalized spacial score (nSPS) is 20.2. The number of carbonyl (C=O) groups is 2. The minimum atomic E-state index is -3.23. The third-order valence-corrected chi connectivity index (χ3v) is 4.79. The van der Waals surface area contributed by atoms with Crippen LogP contribution >= 0.6 is 0 Å². The number of rotatable bonds is 4. The van der Waals surface area contributed by atoms with E-state index >= 15 is 0 Å². The van der Waals surface area contributed by atoms with Gasteiger partial charge in [-0.15, -0.1) is 0 Å². The SMILES string of the molecule is CC(NC(=O)N1CCN(S(C)(=O)=O)CC1)C(C)C(=O)O. The molecule has 0 saturated carbocycles. The van der Waals surface area contributed by atoms with Crippen molar-refractivity contribution in [1.82, 2.24) is 14.5 Å². The first-order chi connectivity index (χ1) is 9.12. The van der Waals surface area contributed by atoms with Crippen LogP contribution in [0.1, 0.15) is 13.8 Å². The molecule has 2 atom stereocenters. The summed E-state index contributed by atoms with van der Waals surface area (Å²) in [7, 11) is -3.23. The molecule has 9 heteroatoms. The Balaban J connectivity index is 2.49. The van der Waals surface area contributed by atoms with Crippen LogP contribution in [0.5, 0.6) is 0 Å². The second-order valence-electron chi connectivity index (χ2n) is 5.01. The third kappa shape index (κ3) is 4.34. The summed E-state index contributed by atoms with van der Waals surface area (Å²) in [6, 6.07) is -0.855. The minimum Gasteiger partial charge on any atom is -0.481 e. The molecule has 0 aromatic heterocycles. The Labute approximate surface area is 118 Å². The minimum absolute atomic E-state index is 0.259. The first-order valence-electron chi connectivity index (χ1n) is 6.36. The molecule has 1 aliphatic rings. The van der Waals surface area contributed by atoms with Crippen molar-refractivity contribution in [2.75, 3.05) is 32.4 Å². The van der Waals surface area contributed by atoms with E-state index in [1.54, 1.807) is 6.92 Å². The number of hydrogen-bond donors (Lipinski definition) is 2. The van der Waals surface area contributed by atoms with Gasteiger partial charge in [0.2, 0.25) is 10.0 Å². The quantitative estimate of drug-likeness (QED) is 0.720. The monoisotopic (exact) mass is 307 g/mol. The van der Waals surface area contributed by atoms with Crippen LogP contribution in [0.25, 0.3) is 0 Å². The highest BCUT2D eigenvalue weighted by Gasteiger charge is 2.28. The number of carbonyl (C=O) groups excluding carboxylic acids is 1. The Morgan fingerprint density at radius 1 is 1.15 bits per heavy atom. The van der Waals surface area contributed by atoms with E-state index in [2.05, 4.69) is 5.32 Å². The van der Waals surface area contributed by atoms with Crippen molar-refractivity contribution in [2.24, 2.45) is 5.92 Å². The molecule has 1 rings (SSSR count). The van der Waals surface area contributed by atoms with Gasteiger partial charge in [-0.05, 0) is 13.8 Å². The largest absolute Gasteiger partial charge is 0.481 e. The molecule has 2 amide bonds. The number of carboxylic acid groups (broad SMARTS) is 1. The third-order valence-electron chi connectivity index (χ3n) is 3.49. The molecule has 1 saturated heterocycles. The summed E-state index contributed by atoms with van der Waals surface area (Å²) in [5.74, 6) is -1.66. The van der Waals surface area contributed by atoms with Gasteiger partial charge >= 0.3 is 12.0 Å². The van der Waals surface area contributed by atoms with Gasteiger partial charge in [-0.3, -0.25) is 4.79 Å². The second kappa shape index (κ2) is 6.40. The molecule has 20 heavy (non-hydrogen) atoms. The van der Waals surface area contributed by atoms with Crippen LogP contribution in [0.2, 0.25) is 0 Å². The van der Waals surface area contributed by atoms with E-state index in [0.29, 0.717) is 13.1 Å². The molecule has 0 spiro atoms. The molecular formula is C11H21N3O5S. The van der Waals surface area contributed by atoms with Crippen molar-refractivity contribution in [1.29, 1.82) is 0 Å². The molecule has 1 aliphatic heterocycles. The predicted octanol–water partition coefficient (Wildman–Crippen LogP) is -0.618. The van der Waals surface area contributed by atoms with Gasteiger partial charge in [-0.1, -0.05) is 0 Å². The number of urea groups is 1. The summed E-state index contributed by atoms with van der Waals surface area (Å²) >= 11 is 0. The van der Waals surface area contributed by atoms with E-state index in [-0.39, 0.29) is 19.1 Å². The summed E-state index contributed by atoms with van der Waals surface area (Å²) in [6.45, 7) is 4.27. The van der Waals surface area contributed by atoms with E-state index in [1.165, 1.54) is 16.1 Å². The van der Waals surface area contributed by atoms with Gasteiger partial charge in [0.25, 0.3) is 0 Å². The molecule has 0 aromatic rings. The molecule has 0 aliphatic carbocycles. The van der Waals surface area contributed by atoms with Crippen LogP contribution in [0.3, 0.4) is 0 Å². The first-order valence-corrected chi connectivity index (χ1v) is 8.21. The van der Waals surface area contributed by atoms with E-state index in [4.69, 9.17) is 5.11 Å². The fourth-order valence-corrected chi connectivity index (χ4v) is 2.67. The molecular weight excluding hydrogens is 286 g/mol. The molecule has 0 aromatic carbocycles. The fourth-order valence-electron chi connectivity index (χ4n) is 1.85. The summed E-state index contributed by atoms with van der Waals surface area (Å²) in [5, 5.41) is 11.5. The molecule has 0 radical (unpaired) electrons. The lowest BCUT2D eigenvalue weighted by atomic mass is 10.0. The number of nitrogens with one attached hydrogen (secondary N) is 1. The number of carboxylic acids is 1. The van der Waals surface area contributed by atoms with Crippen LogP contribution in [-0.2, 0) is 14.8 Å². The van der Waals surface area contributed by atoms with Gasteiger partial charge in [-0.2, -0.15) is 4.31 Å². The van der Waals surface area contributed by atoms with E-state index in [0.717, 1.165) is 6.26 Å². The summed E-state index contributed by atoms with van der Waals surface area (Å²) < 4.78 is 24.0. The molecule has 2 unspecified atom stereocenters. The average Bonchev–Trinajstić information content (AvgIpc) is 2.36. The Morgan fingerprint density at radius 2 is 1.65 bits per heavy atom. The molecule has 1 heterocycles. The molecule has 2 N–H and O–H groups in total. The first kappa shape index (κ1) is 16.7. The zero-order valence-electron chi connectivity index (χ0n) is 11.9. The highest BCUT2D eigenvalue weighted by atomic mass is 32.2. The van der Waals surface area contributed by atoms with E-state index in [1.807, 2.05) is 0 Å². The summed E-state index contributed by atoms with van der Waals surface area (Å²) in [6.07, 6.45) is 1.14. The average molecular weight is 307 g/mol. The van der Waals surface area contributed by atoms with Gasteiger partial charge in [0.1, 0.15) is 0 Å². The zero-order chi connectivity index (χ0) is 15.5. The molecule has 116 valence electrons. The summed E-state index contributed by atoms with van der Waals surface area (Å²) in [5.41, 5.74) is 0. The van der Waals surface area contributed by atoms with Crippen molar-refractivity contribution in [3.8, 4) is 0 Å². The van der Waals surface area contributed by atoms with Gasteiger partial charge in [0.05, 0.1) is 12.2 Å². The molecule has 8 nitrogen and oxygen atoms in total. The van der Waals surface area contributed by atoms with Crippen molar-refractivity contribution in [3.63, 3.8) is 0 Å². The van der Waals surface area contributed by atoms with Crippen LogP contribution in [-0.4, -0.2) is 73.2 Å². The van der Waals surface area contributed by atoms with E-state index < -0.39 is 28.0 Å². The standard InChI is InChI=1S/C11H21N3O5S/c1-8(10(15)16)9(2)12-11(17)13-4-6-14(7-5-13)20(3,18)19/h8-9H,4-7H2,1-3H3,(H,12,17)(H,15,16). The maximum atomic E-state index is 11.9. The van der Waals surface area contributed by atoms with E-state index in [9.17, 15) is 18.0 Å². The van der Waals surface area contributed by atoms with Gasteiger partial charge in [-0.25, -0.2) is 13.2 Å².